The monoisotopic (exact) mass is 549 g/mol. The van der Waals surface area contributed by atoms with Gasteiger partial charge in [0.15, 0.2) is 0 Å². The van der Waals surface area contributed by atoms with Crippen LogP contribution in [0.15, 0.2) is 58.5 Å². The summed E-state index contributed by atoms with van der Waals surface area (Å²) in [6, 6.07) is 12.8. The average molecular weight is 550 g/mol. The van der Waals surface area contributed by atoms with Crippen molar-refractivity contribution in [3.63, 3.8) is 0 Å². The van der Waals surface area contributed by atoms with Gasteiger partial charge >= 0.3 is 0 Å². The molecule has 3 aromatic rings. The van der Waals surface area contributed by atoms with Crippen LogP contribution in [0.5, 0.6) is 0 Å². The van der Waals surface area contributed by atoms with Gasteiger partial charge in [-0.3, -0.25) is 9.59 Å². The lowest BCUT2D eigenvalue weighted by Gasteiger charge is -2.16. The van der Waals surface area contributed by atoms with Crippen LogP contribution in [-0.2, 0) is 19.6 Å². The second-order valence-electron chi connectivity index (χ2n) is 8.02. The molecule has 3 rings (SSSR count). The molecule has 0 saturated heterocycles. The molecule has 0 aliphatic carbocycles. The molecule has 0 unspecified atom stereocenters. The number of sulfonamides is 1. The molecule has 2 N–H and O–H groups in total. The molecule has 1 heterocycles. The summed E-state index contributed by atoms with van der Waals surface area (Å²) in [5, 5.41) is 7.57. The number of aromatic nitrogens is 1. The molecule has 0 bridgehead atoms. The molecular formula is C24H25Cl2N5O4S. The highest BCUT2D eigenvalue weighted by Crippen LogP contribution is 2.28. The Hall–Kier alpha value is -3.18. The number of amides is 2. The van der Waals surface area contributed by atoms with E-state index in [1.165, 1.54) is 44.5 Å². The van der Waals surface area contributed by atoms with Gasteiger partial charge < -0.3 is 9.88 Å². The maximum absolute atomic E-state index is 12.8. The van der Waals surface area contributed by atoms with Gasteiger partial charge in [-0.25, -0.2) is 13.8 Å². The number of carbonyl (C=O) groups excluding carboxylic acids is 2. The summed E-state index contributed by atoms with van der Waals surface area (Å²) >= 11 is 12.4. The largest absolute Gasteiger partial charge is 0.326 e. The van der Waals surface area contributed by atoms with Crippen molar-refractivity contribution >= 4 is 56.9 Å². The van der Waals surface area contributed by atoms with Crippen LogP contribution < -0.4 is 10.7 Å². The van der Waals surface area contributed by atoms with Crippen molar-refractivity contribution in [2.75, 3.05) is 18.9 Å². The van der Waals surface area contributed by atoms with E-state index >= 15 is 0 Å². The van der Waals surface area contributed by atoms with Crippen molar-refractivity contribution in [3.8, 4) is 5.69 Å². The third kappa shape index (κ3) is 6.33. The molecule has 0 aliphatic heterocycles. The predicted octanol–water partition coefficient (Wildman–Crippen LogP) is 4.13. The first-order valence-electron chi connectivity index (χ1n) is 10.7. The van der Waals surface area contributed by atoms with Crippen LogP contribution in [0.2, 0.25) is 10.0 Å². The fourth-order valence-corrected chi connectivity index (χ4v) is 5.16. The fourth-order valence-electron chi connectivity index (χ4n) is 3.54. The number of hydrogen-bond acceptors (Lipinski definition) is 5. The Morgan fingerprint density at radius 2 is 1.75 bits per heavy atom. The summed E-state index contributed by atoms with van der Waals surface area (Å²) in [6.45, 7) is 4.72. The maximum atomic E-state index is 12.8. The van der Waals surface area contributed by atoms with E-state index in [-0.39, 0.29) is 10.8 Å². The Labute approximate surface area is 219 Å². The van der Waals surface area contributed by atoms with E-state index < -0.39 is 22.5 Å². The van der Waals surface area contributed by atoms with Crippen molar-refractivity contribution in [2.24, 2.45) is 5.10 Å². The first-order valence-corrected chi connectivity index (χ1v) is 12.9. The molecule has 12 heteroatoms. The van der Waals surface area contributed by atoms with E-state index in [1.54, 1.807) is 12.1 Å². The number of rotatable bonds is 8. The maximum Gasteiger partial charge on any atom is 0.255 e. The van der Waals surface area contributed by atoms with Gasteiger partial charge in [0.05, 0.1) is 28.4 Å². The number of nitrogens with zero attached hydrogens (tertiary/aromatic N) is 3. The average Bonchev–Trinajstić information content (AvgIpc) is 3.07. The molecule has 9 nitrogen and oxygen atoms in total. The highest BCUT2D eigenvalue weighted by Gasteiger charge is 2.23. The topological polar surface area (TPSA) is 113 Å². The van der Waals surface area contributed by atoms with E-state index in [4.69, 9.17) is 23.2 Å². The lowest BCUT2D eigenvalue weighted by Crippen LogP contribution is -2.36. The normalized spacial score (nSPS) is 11.8. The van der Waals surface area contributed by atoms with Crippen LogP contribution in [0.25, 0.3) is 5.69 Å². The van der Waals surface area contributed by atoms with Crippen LogP contribution in [0.3, 0.4) is 0 Å². The van der Waals surface area contributed by atoms with Crippen LogP contribution in [0, 0.1) is 13.8 Å². The third-order valence-electron chi connectivity index (χ3n) is 5.26. The summed E-state index contributed by atoms with van der Waals surface area (Å²) in [5.41, 5.74) is 6.08. The molecule has 2 amide bonds. The van der Waals surface area contributed by atoms with Gasteiger partial charge in [-0.1, -0.05) is 23.2 Å². The highest BCUT2D eigenvalue weighted by molar-refractivity contribution is 7.89. The molecule has 0 radical (unpaired) electrons. The van der Waals surface area contributed by atoms with Gasteiger partial charge in [0.2, 0.25) is 15.9 Å². The zero-order valence-corrected chi connectivity index (χ0v) is 22.4. The van der Waals surface area contributed by atoms with Crippen molar-refractivity contribution in [1.29, 1.82) is 0 Å². The van der Waals surface area contributed by atoms with Crippen LogP contribution in [0.1, 0.15) is 23.9 Å². The Morgan fingerprint density at radius 1 is 1.08 bits per heavy atom. The zero-order chi connectivity index (χ0) is 26.6. The SMILES string of the molecule is CC(=O)Nc1ccc(S(=O)(=O)N(C)CC(=O)N/N=C\c2cc(C)n(-c3ccc(Cl)cc3Cl)c2C)cc1. The summed E-state index contributed by atoms with van der Waals surface area (Å²) in [6.07, 6.45) is 1.48. The minimum absolute atomic E-state index is 0.0105. The predicted molar refractivity (Wildman–Crippen MR) is 142 cm³/mol. The molecule has 36 heavy (non-hydrogen) atoms. The van der Waals surface area contributed by atoms with E-state index in [0.29, 0.717) is 15.7 Å². The summed E-state index contributed by atoms with van der Waals surface area (Å²) < 4.78 is 28.4. The molecule has 0 spiro atoms. The summed E-state index contributed by atoms with van der Waals surface area (Å²) in [4.78, 5) is 23.5. The second kappa shape index (κ2) is 11.3. The molecule has 0 aliphatic rings. The van der Waals surface area contributed by atoms with Gasteiger partial charge in [-0.05, 0) is 62.4 Å². The van der Waals surface area contributed by atoms with E-state index in [1.807, 2.05) is 30.5 Å². The number of nitrogens with one attached hydrogen (secondary N) is 2. The first kappa shape index (κ1) is 27.4. The van der Waals surface area contributed by atoms with Gasteiger partial charge in [-0.15, -0.1) is 0 Å². The minimum atomic E-state index is -3.92. The lowest BCUT2D eigenvalue weighted by atomic mass is 10.2. The van der Waals surface area contributed by atoms with E-state index in [2.05, 4.69) is 15.8 Å². The van der Waals surface area contributed by atoms with Crippen LogP contribution in [0.4, 0.5) is 5.69 Å². The number of likely N-dealkylation sites (N-methyl/N-ethyl adjacent to an activating group) is 1. The van der Waals surface area contributed by atoms with Crippen molar-refractivity contribution < 1.29 is 18.0 Å². The van der Waals surface area contributed by atoms with Crippen LogP contribution >= 0.6 is 23.2 Å². The minimum Gasteiger partial charge on any atom is -0.326 e. The summed E-state index contributed by atoms with van der Waals surface area (Å²) in [5.74, 6) is -0.877. The van der Waals surface area contributed by atoms with Crippen LogP contribution in [-0.4, -0.2) is 48.9 Å². The Bertz CT molecular complexity index is 1430. The lowest BCUT2D eigenvalue weighted by molar-refractivity contribution is -0.121. The van der Waals surface area contributed by atoms with Gasteiger partial charge in [0.25, 0.3) is 5.91 Å². The Morgan fingerprint density at radius 3 is 2.36 bits per heavy atom. The molecule has 0 fully saturated rings. The fraction of sp³-hybridized carbons (Fsp3) is 0.208. The third-order valence-corrected chi connectivity index (χ3v) is 7.62. The number of halogens is 2. The smallest absolute Gasteiger partial charge is 0.255 e. The number of hydrogen-bond donors (Lipinski definition) is 2. The van der Waals surface area contributed by atoms with E-state index in [0.717, 1.165) is 26.9 Å². The molecule has 0 atom stereocenters. The Kier molecular flexibility index (Phi) is 8.57. The van der Waals surface area contributed by atoms with Gasteiger partial charge in [-0.2, -0.15) is 9.41 Å². The number of carbonyl (C=O) groups is 2. The van der Waals surface area contributed by atoms with Gasteiger partial charge in [0, 0.05) is 41.6 Å². The molecule has 190 valence electrons. The number of benzene rings is 2. The highest BCUT2D eigenvalue weighted by atomic mass is 35.5. The Balaban J connectivity index is 1.66. The standard InChI is InChI=1S/C24H25Cl2N5O4S/c1-15-11-18(16(2)31(15)23-10-5-19(25)12-22(23)26)13-27-29-24(33)14-30(4)36(34,35)21-8-6-20(7-9-21)28-17(3)32/h5-13H,14H2,1-4H3,(H,28,32)(H,29,33)/b27-13-. The number of hydrazone groups is 1. The molecule has 0 saturated carbocycles. The second-order valence-corrected chi connectivity index (χ2v) is 10.9. The first-order chi connectivity index (χ1) is 16.9. The van der Waals surface area contributed by atoms with E-state index in [9.17, 15) is 18.0 Å². The zero-order valence-electron chi connectivity index (χ0n) is 20.0. The number of aryl methyl sites for hydroxylation is 1. The molecule has 2 aromatic carbocycles. The summed E-state index contributed by atoms with van der Waals surface area (Å²) in [7, 11) is -2.63. The van der Waals surface area contributed by atoms with Crippen molar-refractivity contribution in [2.45, 2.75) is 25.7 Å². The molecular weight excluding hydrogens is 525 g/mol. The molecule has 1 aromatic heterocycles. The van der Waals surface area contributed by atoms with Crippen molar-refractivity contribution in [1.82, 2.24) is 14.3 Å². The number of anilines is 1. The van der Waals surface area contributed by atoms with Crippen molar-refractivity contribution in [3.05, 3.63) is 75.5 Å². The quantitative estimate of drug-likeness (QED) is 0.324. The van der Waals surface area contributed by atoms with Gasteiger partial charge in [0.1, 0.15) is 0 Å².